The van der Waals surface area contributed by atoms with E-state index in [9.17, 15) is 9.59 Å². The van der Waals surface area contributed by atoms with Crippen LogP contribution in [0.3, 0.4) is 0 Å². The Morgan fingerprint density at radius 2 is 1.76 bits per heavy atom. The molecule has 3 N–H and O–H groups in total. The third kappa shape index (κ3) is 3.39. The average molecular weight is 284 g/mol. The molecule has 2 rings (SSSR count). The molecule has 0 aromatic heterocycles. The molecule has 5 heteroatoms. The Kier molecular flexibility index (Phi) is 4.23. The minimum atomic E-state index is -0.314. The number of rotatable bonds is 4. The lowest BCUT2D eigenvalue weighted by Gasteiger charge is -2.09. The molecule has 0 aliphatic heterocycles. The molecule has 0 aliphatic carbocycles. The van der Waals surface area contributed by atoms with Gasteiger partial charge in [-0.15, -0.1) is 0 Å². The summed E-state index contributed by atoms with van der Waals surface area (Å²) in [5, 5.41) is 2.73. The number of Topliss-reactive ketones (excluding diaryl/α,β-unsaturated/α-hetero) is 1. The number of hydrogen-bond acceptors (Lipinski definition) is 4. The first-order valence-electron chi connectivity index (χ1n) is 6.37. The molecule has 0 unspecified atom stereocenters. The number of benzene rings is 2. The van der Waals surface area contributed by atoms with Crippen LogP contribution in [0.15, 0.2) is 42.5 Å². The fourth-order valence-electron chi connectivity index (χ4n) is 1.86. The normalized spacial score (nSPS) is 10.0. The van der Waals surface area contributed by atoms with Gasteiger partial charge in [-0.25, -0.2) is 0 Å². The predicted octanol–water partition coefficient (Wildman–Crippen LogP) is 2.73. The number of ketones is 1. The highest BCUT2D eigenvalue weighted by molar-refractivity contribution is 6.08. The number of anilines is 2. The van der Waals surface area contributed by atoms with Crippen molar-refractivity contribution in [2.24, 2.45) is 0 Å². The first kappa shape index (κ1) is 14.6. The van der Waals surface area contributed by atoms with Crippen LogP contribution in [0, 0.1) is 0 Å². The van der Waals surface area contributed by atoms with Crippen LogP contribution in [0.5, 0.6) is 5.75 Å². The summed E-state index contributed by atoms with van der Waals surface area (Å²) in [4.78, 5) is 23.3. The zero-order valence-corrected chi connectivity index (χ0v) is 11.8. The zero-order valence-electron chi connectivity index (χ0n) is 11.8. The number of nitrogen functional groups attached to an aromatic ring is 1. The summed E-state index contributed by atoms with van der Waals surface area (Å²) in [7, 11) is 1.53. The number of amides is 1. The Balaban J connectivity index is 2.16. The van der Waals surface area contributed by atoms with Crippen molar-refractivity contribution in [2.75, 3.05) is 18.2 Å². The van der Waals surface area contributed by atoms with Gasteiger partial charge in [0.1, 0.15) is 5.75 Å². The molecule has 0 atom stereocenters. The fourth-order valence-corrected chi connectivity index (χ4v) is 1.86. The second-order valence-electron chi connectivity index (χ2n) is 4.54. The fraction of sp³-hybridized carbons (Fsp3) is 0.125. The van der Waals surface area contributed by atoms with E-state index in [1.165, 1.54) is 14.0 Å². The van der Waals surface area contributed by atoms with Gasteiger partial charge in [0.2, 0.25) is 0 Å². The number of nitrogens with one attached hydrogen (secondary N) is 1. The maximum absolute atomic E-state index is 12.2. The summed E-state index contributed by atoms with van der Waals surface area (Å²) in [6.07, 6.45) is 0. The molecule has 2 aromatic carbocycles. The van der Waals surface area contributed by atoms with Crippen molar-refractivity contribution >= 4 is 23.1 Å². The van der Waals surface area contributed by atoms with E-state index in [0.717, 1.165) is 0 Å². The summed E-state index contributed by atoms with van der Waals surface area (Å²) in [6.45, 7) is 1.49. The molecule has 2 aromatic rings. The Labute approximate surface area is 122 Å². The largest absolute Gasteiger partial charge is 0.497 e. The quantitative estimate of drug-likeness (QED) is 0.668. The number of carbonyl (C=O) groups excluding carboxylic acids is 2. The van der Waals surface area contributed by atoms with E-state index in [1.54, 1.807) is 42.5 Å². The molecular formula is C16H16N2O3. The van der Waals surface area contributed by atoms with Crippen molar-refractivity contribution < 1.29 is 14.3 Å². The van der Waals surface area contributed by atoms with Crippen LogP contribution < -0.4 is 15.8 Å². The molecule has 0 saturated carbocycles. The van der Waals surface area contributed by atoms with Crippen LogP contribution in [0.1, 0.15) is 27.6 Å². The van der Waals surface area contributed by atoms with Gasteiger partial charge < -0.3 is 15.8 Å². The minimum Gasteiger partial charge on any atom is -0.497 e. The summed E-state index contributed by atoms with van der Waals surface area (Å²) in [6, 6.07) is 11.5. The van der Waals surface area contributed by atoms with Crippen molar-refractivity contribution in [3.63, 3.8) is 0 Å². The SMILES string of the molecule is COc1ccc(C(=O)Nc2ccc(C(C)=O)cc2)c(N)c1. The highest BCUT2D eigenvalue weighted by Gasteiger charge is 2.11. The molecule has 21 heavy (non-hydrogen) atoms. The number of hydrogen-bond donors (Lipinski definition) is 2. The lowest BCUT2D eigenvalue weighted by atomic mass is 10.1. The minimum absolute atomic E-state index is 0.0210. The van der Waals surface area contributed by atoms with E-state index in [2.05, 4.69) is 5.32 Å². The third-order valence-corrected chi connectivity index (χ3v) is 3.05. The molecular weight excluding hydrogens is 268 g/mol. The zero-order chi connectivity index (χ0) is 15.4. The van der Waals surface area contributed by atoms with E-state index in [4.69, 9.17) is 10.5 Å². The Morgan fingerprint density at radius 1 is 1.10 bits per heavy atom. The first-order chi connectivity index (χ1) is 10.0. The lowest BCUT2D eigenvalue weighted by Crippen LogP contribution is -2.14. The topological polar surface area (TPSA) is 81.4 Å². The smallest absolute Gasteiger partial charge is 0.257 e. The first-order valence-corrected chi connectivity index (χ1v) is 6.37. The van der Waals surface area contributed by atoms with Gasteiger partial charge in [-0.2, -0.15) is 0 Å². The molecule has 0 aliphatic rings. The number of methoxy groups -OCH3 is 1. The molecule has 0 radical (unpaired) electrons. The van der Waals surface area contributed by atoms with E-state index in [-0.39, 0.29) is 11.7 Å². The van der Waals surface area contributed by atoms with Gasteiger partial charge in [0.05, 0.1) is 12.7 Å². The van der Waals surface area contributed by atoms with Gasteiger partial charge in [-0.3, -0.25) is 9.59 Å². The third-order valence-electron chi connectivity index (χ3n) is 3.05. The van der Waals surface area contributed by atoms with Gasteiger partial charge >= 0.3 is 0 Å². The second-order valence-corrected chi connectivity index (χ2v) is 4.54. The van der Waals surface area contributed by atoms with Crippen molar-refractivity contribution in [1.82, 2.24) is 0 Å². The van der Waals surface area contributed by atoms with E-state index < -0.39 is 0 Å². The standard InChI is InChI=1S/C16H16N2O3/c1-10(19)11-3-5-12(6-4-11)18-16(20)14-8-7-13(21-2)9-15(14)17/h3-9H,17H2,1-2H3,(H,18,20). The molecule has 5 nitrogen and oxygen atoms in total. The predicted molar refractivity (Wildman–Crippen MR) is 81.8 cm³/mol. The molecule has 0 fully saturated rings. The molecule has 108 valence electrons. The number of ether oxygens (including phenoxy) is 1. The summed E-state index contributed by atoms with van der Waals surface area (Å²) < 4.78 is 5.04. The highest BCUT2D eigenvalue weighted by Crippen LogP contribution is 2.21. The van der Waals surface area contributed by atoms with E-state index in [0.29, 0.717) is 28.3 Å². The van der Waals surface area contributed by atoms with Gasteiger partial charge in [0, 0.05) is 23.0 Å². The van der Waals surface area contributed by atoms with E-state index in [1.807, 2.05) is 0 Å². The molecule has 1 amide bonds. The molecule has 0 saturated heterocycles. The maximum atomic E-state index is 12.2. The second kappa shape index (κ2) is 6.09. The van der Waals surface area contributed by atoms with Crippen molar-refractivity contribution in [3.05, 3.63) is 53.6 Å². The van der Waals surface area contributed by atoms with Gasteiger partial charge in [-0.1, -0.05) is 0 Å². The molecule has 0 bridgehead atoms. The van der Waals surface area contributed by atoms with Gasteiger partial charge in [0.25, 0.3) is 5.91 Å². The van der Waals surface area contributed by atoms with Gasteiger partial charge in [-0.05, 0) is 43.3 Å². The molecule has 0 heterocycles. The lowest BCUT2D eigenvalue weighted by molar-refractivity contribution is 0.101. The maximum Gasteiger partial charge on any atom is 0.257 e. The van der Waals surface area contributed by atoms with Crippen molar-refractivity contribution in [2.45, 2.75) is 6.92 Å². The monoisotopic (exact) mass is 284 g/mol. The Morgan fingerprint density at radius 3 is 2.29 bits per heavy atom. The van der Waals surface area contributed by atoms with Gasteiger partial charge in [0.15, 0.2) is 5.78 Å². The highest BCUT2D eigenvalue weighted by atomic mass is 16.5. The Bertz CT molecular complexity index is 678. The number of carbonyl (C=O) groups is 2. The number of nitrogens with two attached hydrogens (primary N) is 1. The summed E-state index contributed by atoms with van der Waals surface area (Å²) >= 11 is 0. The van der Waals surface area contributed by atoms with Crippen molar-refractivity contribution in [3.8, 4) is 5.75 Å². The van der Waals surface area contributed by atoms with E-state index >= 15 is 0 Å². The summed E-state index contributed by atoms with van der Waals surface area (Å²) in [5.74, 6) is 0.257. The Hall–Kier alpha value is -2.82. The van der Waals surface area contributed by atoms with Crippen LogP contribution in [-0.4, -0.2) is 18.8 Å². The molecule has 0 spiro atoms. The average Bonchev–Trinajstić information content (AvgIpc) is 2.47. The van der Waals surface area contributed by atoms with Crippen LogP contribution in [0.25, 0.3) is 0 Å². The van der Waals surface area contributed by atoms with Crippen LogP contribution in [0.4, 0.5) is 11.4 Å². The van der Waals surface area contributed by atoms with Crippen LogP contribution in [-0.2, 0) is 0 Å². The summed E-state index contributed by atoms with van der Waals surface area (Å²) in [5.41, 5.74) is 7.73. The van der Waals surface area contributed by atoms with Crippen molar-refractivity contribution in [1.29, 1.82) is 0 Å². The van der Waals surface area contributed by atoms with Crippen LogP contribution in [0.2, 0.25) is 0 Å². The van der Waals surface area contributed by atoms with Crippen LogP contribution >= 0.6 is 0 Å².